The van der Waals surface area contributed by atoms with E-state index < -0.39 is 17.0 Å². The number of rotatable bonds is 7. The topological polar surface area (TPSA) is 101 Å². The summed E-state index contributed by atoms with van der Waals surface area (Å²) in [6, 6.07) is 11.6. The summed E-state index contributed by atoms with van der Waals surface area (Å²) < 4.78 is 17.7. The first-order valence-electron chi connectivity index (χ1n) is 8.95. The molecule has 0 aliphatic carbocycles. The maximum Gasteiger partial charge on any atom is 0.320 e. The Labute approximate surface area is 172 Å². The van der Waals surface area contributed by atoms with Gasteiger partial charge in [0.1, 0.15) is 12.3 Å². The predicted molar refractivity (Wildman–Crippen MR) is 111 cm³/mol. The molecule has 0 fully saturated rings. The molecule has 30 heavy (non-hydrogen) atoms. The van der Waals surface area contributed by atoms with Crippen molar-refractivity contribution in [1.82, 2.24) is 9.13 Å². The van der Waals surface area contributed by atoms with Crippen molar-refractivity contribution in [2.45, 2.75) is 6.54 Å². The molecule has 1 heterocycles. The second-order valence-electron chi connectivity index (χ2n) is 6.22. The average Bonchev–Trinajstić information content (AvgIpc) is 2.77. The molecule has 0 saturated carbocycles. The molecule has 9 heteroatoms. The summed E-state index contributed by atoms with van der Waals surface area (Å²) in [5.74, 6) is 1.14. The summed E-state index contributed by atoms with van der Waals surface area (Å²) in [5, 5.41) is 2.67. The number of carbonyl (C=O) groups is 1. The Morgan fingerprint density at radius 2 is 1.57 bits per heavy atom. The van der Waals surface area contributed by atoms with Crippen LogP contribution in [0.5, 0.6) is 17.2 Å². The van der Waals surface area contributed by atoms with E-state index in [9.17, 15) is 14.4 Å². The summed E-state index contributed by atoms with van der Waals surface area (Å²) in [5.41, 5.74) is -0.588. The second kappa shape index (κ2) is 8.99. The van der Waals surface area contributed by atoms with Crippen molar-refractivity contribution in [2.24, 2.45) is 0 Å². The van der Waals surface area contributed by atoms with Gasteiger partial charge in [-0.25, -0.2) is 0 Å². The maximum absolute atomic E-state index is 12.5. The molecule has 156 valence electrons. The van der Waals surface area contributed by atoms with E-state index in [1.807, 2.05) is 0 Å². The van der Waals surface area contributed by atoms with E-state index in [-0.39, 0.29) is 6.54 Å². The Hall–Kier alpha value is -4.01. The first-order valence-corrected chi connectivity index (χ1v) is 8.95. The van der Waals surface area contributed by atoms with Crippen LogP contribution >= 0.6 is 0 Å². The van der Waals surface area contributed by atoms with E-state index in [1.54, 1.807) is 42.5 Å². The van der Waals surface area contributed by atoms with Gasteiger partial charge in [-0.15, -0.1) is 0 Å². The summed E-state index contributed by atoms with van der Waals surface area (Å²) in [7, 11) is 4.53. The molecule has 0 aliphatic rings. The number of methoxy groups -OCH3 is 3. The third-order valence-electron chi connectivity index (χ3n) is 4.39. The minimum absolute atomic E-state index is 0.314. The van der Waals surface area contributed by atoms with E-state index in [2.05, 4.69) is 5.32 Å². The number of nitrogens with zero attached hydrogens (tertiary/aromatic N) is 2. The fraction of sp³-hybridized carbons (Fsp3) is 0.190. The number of nitrogens with one attached hydrogen (secondary N) is 1. The van der Waals surface area contributed by atoms with Crippen LogP contribution in [-0.4, -0.2) is 36.4 Å². The van der Waals surface area contributed by atoms with Crippen LogP contribution in [0.3, 0.4) is 0 Å². The molecule has 3 rings (SSSR count). The van der Waals surface area contributed by atoms with Crippen LogP contribution in [0.2, 0.25) is 0 Å². The van der Waals surface area contributed by atoms with Gasteiger partial charge in [0.05, 0.1) is 21.3 Å². The highest BCUT2D eigenvalue weighted by Crippen LogP contribution is 2.29. The lowest BCUT2D eigenvalue weighted by molar-refractivity contribution is -0.116. The van der Waals surface area contributed by atoms with Crippen molar-refractivity contribution in [3.05, 3.63) is 75.6 Å². The number of aromatic nitrogens is 2. The Balaban J connectivity index is 1.78. The SMILES string of the molecule is COc1ccc(-n2ccn(CC(=O)Nc3ccc(OC)c(OC)c3)c(=O)c2=O)cc1. The number of hydrogen-bond donors (Lipinski definition) is 1. The second-order valence-corrected chi connectivity index (χ2v) is 6.22. The monoisotopic (exact) mass is 411 g/mol. The lowest BCUT2D eigenvalue weighted by atomic mass is 10.2. The Morgan fingerprint density at radius 3 is 2.20 bits per heavy atom. The van der Waals surface area contributed by atoms with Gasteiger partial charge >= 0.3 is 11.1 Å². The number of ether oxygens (including phenoxy) is 3. The first-order chi connectivity index (χ1) is 14.5. The van der Waals surface area contributed by atoms with Crippen LogP contribution in [0.25, 0.3) is 5.69 Å². The summed E-state index contributed by atoms with van der Waals surface area (Å²) >= 11 is 0. The zero-order valence-electron chi connectivity index (χ0n) is 16.7. The molecular weight excluding hydrogens is 390 g/mol. The molecule has 0 saturated heterocycles. The molecule has 2 aromatic carbocycles. The van der Waals surface area contributed by atoms with Gasteiger partial charge in [0.2, 0.25) is 5.91 Å². The fourth-order valence-corrected chi connectivity index (χ4v) is 2.85. The first kappa shape index (κ1) is 20.7. The van der Waals surface area contributed by atoms with Gasteiger partial charge in [-0.3, -0.25) is 23.5 Å². The smallest absolute Gasteiger partial charge is 0.320 e. The van der Waals surface area contributed by atoms with Gasteiger partial charge in [-0.2, -0.15) is 0 Å². The van der Waals surface area contributed by atoms with Crippen LogP contribution < -0.4 is 30.6 Å². The van der Waals surface area contributed by atoms with E-state index in [0.717, 1.165) is 4.57 Å². The fourth-order valence-electron chi connectivity index (χ4n) is 2.85. The van der Waals surface area contributed by atoms with Crippen molar-refractivity contribution >= 4 is 11.6 Å². The summed E-state index contributed by atoms with van der Waals surface area (Å²) in [6.45, 7) is -0.314. The zero-order valence-corrected chi connectivity index (χ0v) is 16.7. The predicted octanol–water partition coefficient (Wildman–Crippen LogP) is 1.66. The van der Waals surface area contributed by atoms with Gasteiger partial charge in [-0.05, 0) is 36.4 Å². The molecular formula is C21H21N3O6. The van der Waals surface area contributed by atoms with E-state index >= 15 is 0 Å². The molecule has 0 spiro atoms. The highest BCUT2D eigenvalue weighted by Gasteiger charge is 2.12. The van der Waals surface area contributed by atoms with Crippen LogP contribution in [0.4, 0.5) is 5.69 Å². The van der Waals surface area contributed by atoms with Crippen molar-refractivity contribution in [2.75, 3.05) is 26.6 Å². The molecule has 1 amide bonds. The largest absolute Gasteiger partial charge is 0.497 e. The quantitative estimate of drug-likeness (QED) is 0.594. The minimum Gasteiger partial charge on any atom is -0.497 e. The van der Waals surface area contributed by atoms with Gasteiger partial charge < -0.3 is 19.5 Å². The number of hydrogen-bond acceptors (Lipinski definition) is 6. The third kappa shape index (κ3) is 4.35. The minimum atomic E-state index is -0.809. The average molecular weight is 411 g/mol. The van der Waals surface area contributed by atoms with Crippen molar-refractivity contribution < 1.29 is 19.0 Å². The number of anilines is 1. The van der Waals surface area contributed by atoms with Gasteiger partial charge in [-0.1, -0.05) is 0 Å². The molecule has 0 radical (unpaired) electrons. The number of amides is 1. The molecule has 0 unspecified atom stereocenters. The molecule has 9 nitrogen and oxygen atoms in total. The maximum atomic E-state index is 12.5. The highest BCUT2D eigenvalue weighted by molar-refractivity contribution is 5.90. The summed E-state index contributed by atoms with van der Waals surface area (Å²) in [6.07, 6.45) is 2.83. The van der Waals surface area contributed by atoms with Crippen LogP contribution in [-0.2, 0) is 11.3 Å². The third-order valence-corrected chi connectivity index (χ3v) is 4.39. The van der Waals surface area contributed by atoms with Gasteiger partial charge in [0.15, 0.2) is 11.5 Å². The van der Waals surface area contributed by atoms with E-state index in [0.29, 0.717) is 28.6 Å². The van der Waals surface area contributed by atoms with E-state index in [1.165, 1.54) is 38.3 Å². The normalized spacial score (nSPS) is 10.4. The summed E-state index contributed by atoms with van der Waals surface area (Å²) in [4.78, 5) is 37.3. The zero-order chi connectivity index (χ0) is 21.7. The van der Waals surface area contributed by atoms with Gasteiger partial charge in [0.25, 0.3) is 0 Å². The van der Waals surface area contributed by atoms with Crippen LogP contribution in [0, 0.1) is 0 Å². The molecule has 1 N–H and O–H groups in total. The number of carbonyl (C=O) groups excluding carboxylic acids is 1. The van der Waals surface area contributed by atoms with Crippen LogP contribution in [0.1, 0.15) is 0 Å². The molecule has 1 aromatic heterocycles. The molecule has 0 aliphatic heterocycles. The Kier molecular flexibility index (Phi) is 6.21. The lowest BCUT2D eigenvalue weighted by Crippen LogP contribution is -2.41. The van der Waals surface area contributed by atoms with Crippen molar-refractivity contribution in [1.29, 1.82) is 0 Å². The van der Waals surface area contributed by atoms with Crippen LogP contribution in [0.15, 0.2) is 64.4 Å². The highest BCUT2D eigenvalue weighted by atomic mass is 16.5. The Bertz CT molecular complexity index is 1160. The van der Waals surface area contributed by atoms with Crippen molar-refractivity contribution in [3.63, 3.8) is 0 Å². The molecule has 0 atom stereocenters. The lowest BCUT2D eigenvalue weighted by Gasteiger charge is -2.12. The van der Waals surface area contributed by atoms with Crippen molar-refractivity contribution in [3.8, 4) is 22.9 Å². The standard InChI is InChI=1S/C21H21N3O6/c1-28-16-7-5-15(6-8-16)24-11-10-23(20(26)21(24)27)13-19(25)22-14-4-9-17(29-2)18(12-14)30-3/h4-12H,13H2,1-3H3,(H,22,25). The van der Waals surface area contributed by atoms with Gasteiger partial charge in [0, 0.05) is 29.8 Å². The molecule has 0 bridgehead atoms. The Morgan fingerprint density at radius 1 is 0.867 bits per heavy atom. The van der Waals surface area contributed by atoms with E-state index in [4.69, 9.17) is 14.2 Å². The number of benzene rings is 2. The molecule has 3 aromatic rings.